The number of rotatable bonds is 9. The molecule has 1 N–H and O–H groups in total. The predicted molar refractivity (Wildman–Crippen MR) is 195 cm³/mol. The number of hydrogen-bond acceptors (Lipinski definition) is 7. The first-order valence-corrected chi connectivity index (χ1v) is 19.5. The molecule has 0 aromatic carbocycles. The van der Waals surface area contributed by atoms with Gasteiger partial charge in [0.25, 0.3) is 0 Å². The second kappa shape index (κ2) is 12.4. The van der Waals surface area contributed by atoms with E-state index in [1.165, 1.54) is 0 Å². The fourth-order valence-corrected chi connectivity index (χ4v) is 12.6. The van der Waals surface area contributed by atoms with Crippen molar-refractivity contribution >= 4 is 23.4 Å². The lowest BCUT2D eigenvalue weighted by Gasteiger charge is -2.71. The number of carbonyl (C=O) groups excluding carboxylic acids is 1. The lowest BCUT2D eigenvalue weighted by Crippen LogP contribution is -2.71. The smallest absolute Gasteiger partial charge is 0.308 e. The number of ketones is 1. The molecule has 12 atom stereocenters. The minimum absolute atomic E-state index is 0.0136. The number of allylic oxidation sites excluding steroid dienone is 1. The average molecular weight is 715 g/mol. The molecule has 3 saturated carbocycles. The summed E-state index contributed by atoms with van der Waals surface area (Å²) in [6, 6.07) is -0.176. The number of carboxylic acids is 1. The minimum Gasteiger partial charge on any atom is -0.481 e. The molecule has 5 aliphatic rings. The van der Waals surface area contributed by atoms with Crippen molar-refractivity contribution < 1.29 is 24.2 Å². The van der Waals surface area contributed by atoms with Gasteiger partial charge in [-0.15, -0.1) is 10.2 Å². The number of carbonyl (C=O) groups is 2. The summed E-state index contributed by atoms with van der Waals surface area (Å²) >= 11 is 6.79. The van der Waals surface area contributed by atoms with E-state index in [-0.39, 0.29) is 46.6 Å². The first-order chi connectivity index (χ1) is 23.2. The zero-order valence-electron chi connectivity index (χ0n) is 32.7. The predicted octanol–water partition coefficient (Wildman–Crippen LogP) is 7.60. The van der Waals surface area contributed by atoms with Crippen LogP contribution in [0.25, 0.3) is 0 Å². The van der Waals surface area contributed by atoms with Crippen LogP contribution in [0.1, 0.15) is 107 Å². The fraction of sp³-hybridized carbons (Fsp3) is 0.850. The molecule has 1 aromatic rings. The van der Waals surface area contributed by atoms with Crippen LogP contribution in [0, 0.1) is 62.6 Å². The molecular formula is C40H63ClN4O5. The van der Waals surface area contributed by atoms with E-state index in [0.29, 0.717) is 36.9 Å². The van der Waals surface area contributed by atoms with E-state index in [1.807, 2.05) is 17.6 Å². The Morgan fingerprint density at radius 3 is 2.38 bits per heavy atom. The van der Waals surface area contributed by atoms with E-state index in [1.54, 1.807) is 6.33 Å². The highest BCUT2D eigenvalue weighted by atomic mass is 35.5. The van der Waals surface area contributed by atoms with E-state index in [4.69, 9.17) is 21.1 Å². The van der Waals surface area contributed by atoms with E-state index in [2.05, 4.69) is 91.5 Å². The zero-order valence-corrected chi connectivity index (χ0v) is 33.4. The summed E-state index contributed by atoms with van der Waals surface area (Å²) in [4.78, 5) is 31.0. The molecule has 1 aromatic heterocycles. The van der Waals surface area contributed by atoms with E-state index < -0.39 is 33.5 Å². The fourth-order valence-electron chi connectivity index (χ4n) is 12.4. The average Bonchev–Trinajstić information content (AvgIpc) is 3.46. The maximum absolute atomic E-state index is 15.2. The monoisotopic (exact) mass is 714 g/mol. The largest absolute Gasteiger partial charge is 0.481 e. The van der Waals surface area contributed by atoms with Gasteiger partial charge in [-0.25, -0.2) is 0 Å². The molecule has 280 valence electrons. The second-order valence-electron chi connectivity index (χ2n) is 19.2. The summed E-state index contributed by atoms with van der Waals surface area (Å²) in [6.07, 6.45) is 7.51. The second-order valence-corrected chi connectivity index (χ2v) is 19.5. The number of likely N-dealkylation sites (N-methyl/N-ethyl adjacent to an activating group) is 1. The van der Waals surface area contributed by atoms with Crippen molar-refractivity contribution in [2.24, 2.45) is 62.6 Å². The molecule has 4 aliphatic carbocycles. The lowest BCUT2D eigenvalue weighted by molar-refractivity contribution is -0.254. The van der Waals surface area contributed by atoms with Crippen molar-refractivity contribution in [1.82, 2.24) is 19.7 Å². The van der Waals surface area contributed by atoms with Gasteiger partial charge < -0.3 is 19.5 Å². The maximum atomic E-state index is 15.2. The number of ether oxygens (including phenoxy) is 2. The number of carboxylic acid groups (broad SMARTS) is 1. The molecule has 1 aliphatic heterocycles. The molecule has 9 nitrogen and oxygen atoms in total. The highest BCUT2D eigenvalue weighted by molar-refractivity contribution is 6.28. The Labute approximate surface area is 305 Å². The van der Waals surface area contributed by atoms with Gasteiger partial charge >= 0.3 is 5.97 Å². The van der Waals surface area contributed by atoms with Gasteiger partial charge in [0.1, 0.15) is 6.33 Å². The summed E-state index contributed by atoms with van der Waals surface area (Å²) in [7, 11) is 4.22. The van der Waals surface area contributed by atoms with Crippen LogP contribution in [0.5, 0.6) is 0 Å². The molecule has 2 heterocycles. The highest BCUT2D eigenvalue weighted by Gasteiger charge is 2.74. The number of aliphatic carboxylic acids is 1. The number of fused-ring (bicyclic) bond motifs is 3. The third-order valence-electron chi connectivity index (χ3n) is 16.6. The Bertz CT molecular complexity index is 1530. The summed E-state index contributed by atoms with van der Waals surface area (Å²) < 4.78 is 16.0. The molecular weight excluding hydrogens is 652 g/mol. The van der Waals surface area contributed by atoms with Crippen LogP contribution in [0.3, 0.4) is 0 Å². The van der Waals surface area contributed by atoms with Crippen LogP contribution in [-0.4, -0.2) is 82.1 Å². The molecule has 50 heavy (non-hydrogen) atoms. The van der Waals surface area contributed by atoms with Gasteiger partial charge in [0.15, 0.2) is 5.78 Å². The SMILES string of the molecule is CC(C)[C@@H](C)[C@@]1(C)CC[C@]2(C)[C@H]3CC[C@@H]4[C@@]5(C)COC[C@@]4(C3=CC(=O)[C@@]2(C)[C@@H]1C(=O)O)[C@@H](OCC(C)(C(C)C)N(C)C)[C@H](n1cnnc1Cl)C5. The zero-order chi connectivity index (χ0) is 37.0. The van der Waals surface area contributed by atoms with E-state index in [9.17, 15) is 9.90 Å². The van der Waals surface area contributed by atoms with Gasteiger partial charge in [0.2, 0.25) is 5.28 Å². The minimum atomic E-state index is -1.06. The Morgan fingerprint density at radius 1 is 1.14 bits per heavy atom. The lowest BCUT2D eigenvalue weighted by atomic mass is 9.34. The molecule has 10 heteroatoms. The van der Waals surface area contributed by atoms with Crippen LogP contribution in [0.2, 0.25) is 5.28 Å². The Kier molecular flexibility index (Phi) is 9.39. The van der Waals surface area contributed by atoms with Crippen LogP contribution in [0.4, 0.5) is 0 Å². The van der Waals surface area contributed by atoms with Crippen molar-refractivity contribution in [3.8, 4) is 0 Å². The number of hydrogen-bond donors (Lipinski definition) is 1. The number of halogens is 1. The summed E-state index contributed by atoms with van der Waals surface area (Å²) in [5, 5.41) is 19.8. The Balaban J connectivity index is 1.56. The van der Waals surface area contributed by atoms with Gasteiger partial charge in [0, 0.05) is 16.4 Å². The third kappa shape index (κ3) is 4.94. The van der Waals surface area contributed by atoms with Gasteiger partial charge in [-0.3, -0.25) is 14.2 Å². The topological polar surface area (TPSA) is 107 Å². The first-order valence-electron chi connectivity index (χ1n) is 19.1. The third-order valence-corrected chi connectivity index (χ3v) is 16.9. The summed E-state index contributed by atoms with van der Waals surface area (Å²) in [5.74, 6) is -0.714. The first kappa shape index (κ1) is 37.9. The van der Waals surface area contributed by atoms with Crippen LogP contribution < -0.4 is 0 Å². The highest BCUT2D eigenvalue weighted by Crippen LogP contribution is 2.75. The number of nitrogens with zero attached hydrogens (tertiary/aromatic N) is 4. The van der Waals surface area contributed by atoms with Gasteiger partial charge in [-0.2, -0.15) is 0 Å². The molecule has 0 spiro atoms. The maximum Gasteiger partial charge on any atom is 0.308 e. The standard InChI is InChI=1S/C40H63ClN4O5/c1-23(2)25(5)36(7)15-16-37(8)26-13-14-29-35(6)18-28(45-22-42-43-34(45)41)32(50-20-38(9,24(3)4)44(11)12)40(29,21-49-19-35)27(26)17-30(46)39(37,10)31(36)33(47)48/h17,22-26,28-29,31-32H,13-16,18-21H2,1-12H3,(H,47,48)/t25-,26+,28-,29-,31-,32+,35-,36-,37-,38?,39+,40+/m1/s1. The Morgan fingerprint density at radius 2 is 1.82 bits per heavy atom. The molecule has 4 fully saturated rings. The van der Waals surface area contributed by atoms with Crippen LogP contribution >= 0.6 is 11.6 Å². The van der Waals surface area contributed by atoms with Gasteiger partial charge in [-0.05, 0) is 117 Å². The van der Waals surface area contributed by atoms with Crippen molar-refractivity contribution in [2.75, 3.05) is 33.9 Å². The molecule has 0 radical (unpaired) electrons. The van der Waals surface area contributed by atoms with Gasteiger partial charge in [0.05, 0.1) is 37.9 Å². The van der Waals surface area contributed by atoms with Gasteiger partial charge in [-0.1, -0.05) is 67.9 Å². The Hall–Kier alpha value is -1.81. The normalized spacial score (nSPS) is 43.2. The molecule has 1 saturated heterocycles. The molecule has 2 bridgehead atoms. The summed E-state index contributed by atoms with van der Waals surface area (Å²) in [5.41, 5.74) is -2.08. The quantitative estimate of drug-likeness (QED) is 0.279. The molecule has 1 unspecified atom stereocenters. The molecule has 0 amide bonds. The summed E-state index contributed by atoms with van der Waals surface area (Å²) in [6.45, 7) is 23.5. The van der Waals surface area contributed by atoms with Crippen molar-refractivity contribution in [1.29, 1.82) is 0 Å². The van der Waals surface area contributed by atoms with E-state index >= 15 is 4.79 Å². The molecule has 6 rings (SSSR count). The van der Waals surface area contributed by atoms with E-state index in [0.717, 1.165) is 37.7 Å². The van der Waals surface area contributed by atoms with Crippen LogP contribution in [-0.2, 0) is 19.1 Å². The van der Waals surface area contributed by atoms with Crippen molar-refractivity contribution in [3.63, 3.8) is 0 Å². The number of aromatic nitrogens is 3. The van der Waals surface area contributed by atoms with Crippen LogP contribution in [0.15, 0.2) is 18.0 Å². The van der Waals surface area contributed by atoms with Crippen molar-refractivity contribution in [2.45, 2.75) is 119 Å². The van der Waals surface area contributed by atoms with Crippen molar-refractivity contribution in [3.05, 3.63) is 23.3 Å².